The maximum absolute atomic E-state index is 12.3. The molecule has 2 amide bonds. The fourth-order valence-corrected chi connectivity index (χ4v) is 2.35. The quantitative estimate of drug-likeness (QED) is 0.923. The zero-order valence-corrected chi connectivity index (χ0v) is 12.3. The Hall–Kier alpha value is -2.83. The maximum Gasteiger partial charge on any atom is 0.268 e. The first kappa shape index (κ1) is 14.1. The molecule has 0 spiro atoms. The number of carbonyl (C=O) groups is 2. The third-order valence-electron chi connectivity index (χ3n) is 3.36. The number of benzene rings is 1. The largest absolute Gasteiger partial charge is 0.479 e. The summed E-state index contributed by atoms with van der Waals surface area (Å²) in [4.78, 5) is 25.9. The molecule has 1 aromatic carbocycles. The lowest BCUT2D eigenvalue weighted by Gasteiger charge is -2.32. The number of nitrogens with one attached hydrogen (secondary N) is 1. The van der Waals surface area contributed by atoms with Crippen molar-refractivity contribution in [3.05, 3.63) is 36.7 Å². The minimum Gasteiger partial charge on any atom is -0.479 e. The molecule has 0 aliphatic carbocycles. The number of aromatic nitrogens is 2. The third kappa shape index (κ3) is 2.65. The van der Waals surface area contributed by atoms with Crippen molar-refractivity contribution in [2.75, 3.05) is 16.8 Å². The van der Waals surface area contributed by atoms with Gasteiger partial charge in [0.2, 0.25) is 5.91 Å². The molecule has 0 saturated carbocycles. The molecule has 0 saturated heterocycles. The Kier molecular flexibility index (Phi) is 3.54. The predicted molar refractivity (Wildman–Crippen MR) is 80.7 cm³/mol. The molecule has 1 aliphatic rings. The third-order valence-corrected chi connectivity index (χ3v) is 3.36. The molecule has 1 aliphatic heterocycles. The van der Waals surface area contributed by atoms with Gasteiger partial charge in [-0.25, -0.2) is 0 Å². The second-order valence-electron chi connectivity index (χ2n) is 5.10. The van der Waals surface area contributed by atoms with Gasteiger partial charge in [0, 0.05) is 13.2 Å². The van der Waals surface area contributed by atoms with E-state index in [-0.39, 0.29) is 18.4 Å². The van der Waals surface area contributed by atoms with Crippen molar-refractivity contribution in [3.63, 3.8) is 0 Å². The lowest BCUT2D eigenvalue weighted by atomic mass is 10.2. The normalized spacial score (nSPS) is 16.9. The van der Waals surface area contributed by atoms with E-state index in [0.717, 1.165) is 0 Å². The number of hydrogen-bond donors (Lipinski definition) is 1. The molecule has 7 nitrogen and oxygen atoms in total. The summed E-state index contributed by atoms with van der Waals surface area (Å²) in [5.74, 6) is 0.0778. The van der Waals surface area contributed by atoms with E-state index in [2.05, 4.69) is 10.4 Å². The number of hydrogen-bond acceptors (Lipinski definition) is 4. The molecule has 1 atom stereocenters. The first-order valence-electron chi connectivity index (χ1n) is 6.90. The van der Waals surface area contributed by atoms with E-state index in [9.17, 15) is 9.59 Å². The molecule has 7 heteroatoms. The van der Waals surface area contributed by atoms with Crippen molar-refractivity contribution in [2.24, 2.45) is 7.05 Å². The zero-order valence-electron chi connectivity index (χ0n) is 12.3. The van der Waals surface area contributed by atoms with Crippen molar-refractivity contribution in [1.29, 1.82) is 0 Å². The van der Waals surface area contributed by atoms with E-state index in [4.69, 9.17) is 4.74 Å². The topological polar surface area (TPSA) is 76.5 Å². The van der Waals surface area contributed by atoms with Gasteiger partial charge in [-0.2, -0.15) is 5.10 Å². The van der Waals surface area contributed by atoms with Gasteiger partial charge in [-0.15, -0.1) is 0 Å². The van der Waals surface area contributed by atoms with E-state index < -0.39 is 6.10 Å². The van der Waals surface area contributed by atoms with Crippen LogP contribution in [-0.2, 0) is 16.6 Å². The highest BCUT2D eigenvalue weighted by Crippen LogP contribution is 2.33. The number of nitrogens with zero attached hydrogens (tertiary/aromatic N) is 3. The van der Waals surface area contributed by atoms with Gasteiger partial charge in [0.15, 0.2) is 6.10 Å². The Labute approximate surface area is 127 Å². The monoisotopic (exact) mass is 300 g/mol. The van der Waals surface area contributed by atoms with Gasteiger partial charge in [0.05, 0.1) is 17.6 Å². The summed E-state index contributed by atoms with van der Waals surface area (Å²) in [5.41, 5.74) is 1.20. The van der Waals surface area contributed by atoms with Crippen LogP contribution in [0, 0.1) is 0 Å². The molecule has 2 aromatic rings. The molecule has 1 aromatic heterocycles. The molecule has 1 unspecified atom stereocenters. The Morgan fingerprint density at radius 2 is 2.18 bits per heavy atom. The number of anilines is 2. The van der Waals surface area contributed by atoms with Crippen LogP contribution in [-0.4, -0.2) is 34.2 Å². The van der Waals surface area contributed by atoms with E-state index in [1.54, 1.807) is 49.2 Å². The van der Waals surface area contributed by atoms with Crippen molar-refractivity contribution in [1.82, 2.24) is 9.78 Å². The van der Waals surface area contributed by atoms with Gasteiger partial charge < -0.3 is 10.1 Å². The summed E-state index contributed by atoms with van der Waals surface area (Å²) in [7, 11) is 1.76. The van der Waals surface area contributed by atoms with E-state index in [1.807, 2.05) is 6.07 Å². The van der Waals surface area contributed by atoms with Crippen LogP contribution in [0.25, 0.3) is 0 Å². The van der Waals surface area contributed by atoms with Gasteiger partial charge in [0.25, 0.3) is 5.91 Å². The van der Waals surface area contributed by atoms with Gasteiger partial charge in [-0.3, -0.25) is 19.2 Å². The van der Waals surface area contributed by atoms with Crippen LogP contribution in [0.5, 0.6) is 5.75 Å². The van der Waals surface area contributed by atoms with Gasteiger partial charge in [0.1, 0.15) is 12.3 Å². The molecule has 22 heavy (non-hydrogen) atoms. The van der Waals surface area contributed by atoms with Crippen LogP contribution in [0.3, 0.4) is 0 Å². The molecule has 1 N–H and O–H groups in total. The number of para-hydroxylation sites is 2. The number of amides is 2. The molecule has 2 heterocycles. The highest BCUT2D eigenvalue weighted by Gasteiger charge is 2.32. The SMILES string of the molecule is CC1Oc2ccccc2N(CC(=O)Nc2cnn(C)c2)C1=O. The van der Waals surface area contributed by atoms with Crippen LogP contribution in [0.2, 0.25) is 0 Å². The molecule has 0 bridgehead atoms. The molecule has 114 valence electrons. The van der Waals surface area contributed by atoms with Crippen LogP contribution < -0.4 is 15.0 Å². The smallest absolute Gasteiger partial charge is 0.268 e. The predicted octanol–water partition coefficient (Wildman–Crippen LogP) is 1.17. The Morgan fingerprint density at radius 1 is 1.41 bits per heavy atom. The Bertz CT molecular complexity index is 725. The van der Waals surface area contributed by atoms with Crippen LogP contribution >= 0.6 is 0 Å². The van der Waals surface area contributed by atoms with Crippen molar-refractivity contribution in [2.45, 2.75) is 13.0 Å². The van der Waals surface area contributed by atoms with E-state index >= 15 is 0 Å². The van der Waals surface area contributed by atoms with Crippen LogP contribution in [0.15, 0.2) is 36.7 Å². The highest BCUT2D eigenvalue weighted by atomic mass is 16.5. The Morgan fingerprint density at radius 3 is 2.91 bits per heavy atom. The number of carbonyl (C=O) groups excluding carboxylic acids is 2. The summed E-state index contributed by atoms with van der Waals surface area (Å²) in [5, 5.41) is 6.70. The standard InChI is InChI=1S/C15H16N4O3/c1-10-15(21)19(12-5-3-4-6-13(12)22-10)9-14(20)17-11-7-16-18(2)8-11/h3-8,10H,9H2,1-2H3,(H,17,20). The number of fused-ring (bicyclic) bond motifs is 1. The first-order valence-corrected chi connectivity index (χ1v) is 6.90. The minimum atomic E-state index is -0.610. The summed E-state index contributed by atoms with van der Waals surface area (Å²) in [6, 6.07) is 7.17. The van der Waals surface area contributed by atoms with Crippen LogP contribution in [0.1, 0.15) is 6.92 Å². The second-order valence-corrected chi connectivity index (χ2v) is 5.10. The molecule has 3 rings (SSSR count). The van der Waals surface area contributed by atoms with Gasteiger partial charge in [-0.1, -0.05) is 12.1 Å². The van der Waals surface area contributed by atoms with Crippen LogP contribution in [0.4, 0.5) is 11.4 Å². The molecule has 0 radical (unpaired) electrons. The lowest BCUT2D eigenvalue weighted by Crippen LogP contribution is -2.47. The van der Waals surface area contributed by atoms with Crippen molar-refractivity contribution >= 4 is 23.2 Å². The number of rotatable bonds is 3. The zero-order chi connectivity index (χ0) is 15.7. The first-order chi connectivity index (χ1) is 10.5. The van der Waals surface area contributed by atoms with Gasteiger partial charge >= 0.3 is 0 Å². The van der Waals surface area contributed by atoms with Crippen molar-refractivity contribution < 1.29 is 14.3 Å². The highest BCUT2D eigenvalue weighted by molar-refractivity contribution is 6.06. The second kappa shape index (κ2) is 5.51. The van der Waals surface area contributed by atoms with E-state index in [1.165, 1.54) is 4.90 Å². The molecular weight excluding hydrogens is 284 g/mol. The number of ether oxygens (including phenoxy) is 1. The fraction of sp³-hybridized carbons (Fsp3) is 0.267. The number of aryl methyl sites for hydroxylation is 1. The lowest BCUT2D eigenvalue weighted by molar-refractivity contribution is -0.127. The summed E-state index contributed by atoms with van der Waals surface area (Å²) >= 11 is 0. The summed E-state index contributed by atoms with van der Waals surface area (Å²) in [6.07, 6.45) is 2.63. The average Bonchev–Trinajstić information content (AvgIpc) is 2.89. The molecular formula is C15H16N4O3. The Balaban J connectivity index is 1.78. The van der Waals surface area contributed by atoms with Crippen molar-refractivity contribution in [3.8, 4) is 5.75 Å². The molecule has 0 fully saturated rings. The summed E-state index contributed by atoms with van der Waals surface area (Å²) in [6.45, 7) is 1.60. The average molecular weight is 300 g/mol. The fourth-order valence-electron chi connectivity index (χ4n) is 2.35. The summed E-state index contributed by atoms with van der Waals surface area (Å²) < 4.78 is 7.13. The van der Waals surface area contributed by atoms with E-state index in [0.29, 0.717) is 17.1 Å². The minimum absolute atomic E-state index is 0.0710. The van der Waals surface area contributed by atoms with Gasteiger partial charge in [-0.05, 0) is 19.1 Å². The maximum atomic E-state index is 12.3.